The van der Waals surface area contributed by atoms with Gasteiger partial charge in [0.1, 0.15) is 0 Å². The lowest BCUT2D eigenvalue weighted by Gasteiger charge is -2.05. The molecule has 0 aliphatic carbocycles. The minimum atomic E-state index is -4.78. The lowest BCUT2D eigenvalue weighted by molar-refractivity contribution is -0.171. The maximum absolute atomic E-state index is 12.5. The molecular formula is C17H16F6N2O2. The molecular weight excluding hydrogens is 378 g/mol. The lowest BCUT2D eigenvalue weighted by Crippen LogP contribution is -2.22. The zero-order valence-corrected chi connectivity index (χ0v) is 14.0. The first-order valence-electron chi connectivity index (χ1n) is 8.17. The van der Waals surface area contributed by atoms with Gasteiger partial charge in [0, 0.05) is 18.4 Å². The van der Waals surface area contributed by atoms with Gasteiger partial charge in [-0.2, -0.15) is 31.3 Å². The number of ketones is 1. The summed E-state index contributed by atoms with van der Waals surface area (Å²) >= 11 is 0. The van der Waals surface area contributed by atoms with Gasteiger partial charge in [-0.15, -0.1) is 0 Å². The number of unbranched alkanes of at least 4 members (excludes halogenated alkanes) is 3. The van der Waals surface area contributed by atoms with Gasteiger partial charge in [0.15, 0.2) is 0 Å². The van der Waals surface area contributed by atoms with E-state index in [4.69, 9.17) is 4.52 Å². The number of benzene rings is 1. The van der Waals surface area contributed by atoms with Crippen LogP contribution in [0.1, 0.15) is 43.6 Å². The minimum absolute atomic E-state index is 0.152. The Kier molecular flexibility index (Phi) is 6.61. The Morgan fingerprint density at radius 2 is 1.56 bits per heavy atom. The number of rotatable bonds is 8. The summed E-state index contributed by atoms with van der Waals surface area (Å²) in [5.74, 6) is -1.27. The molecule has 0 bridgehead atoms. The van der Waals surface area contributed by atoms with E-state index in [2.05, 4.69) is 10.1 Å². The summed E-state index contributed by atoms with van der Waals surface area (Å²) in [7, 11) is 0. The number of alkyl halides is 6. The molecule has 2 rings (SSSR count). The highest BCUT2D eigenvalue weighted by molar-refractivity contribution is 5.83. The van der Waals surface area contributed by atoms with Crippen molar-refractivity contribution >= 4 is 5.78 Å². The normalized spacial score (nSPS) is 12.4. The average molecular weight is 394 g/mol. The smallest absolute Gasteiger partial charge is 0.339 e. The van der Waals surface area contributed by atoms with Gasteiger partial charge in [-0.25, -0.2) is 0 Å². The van der Waals surface area contributed by atoms with Crippen LogP contribution in [0.25, 0.3) is 11.4 Å². The quantitative estimate of drug-likeness (QED) is 0.446. The van der Waals surface area contributed by atoms with Crippen LogP contribution in [0.15, 0.2) is 28.8 Å². The van der Waals surface area contributed by atoms with Crippen LogP contribution in [0.4, 0.5) is 26.3 Å². The highest BCUT2D eigenvalue weighted by Crippen LogP contribution is 2.30. The predicted octanol–water partition coefficient (Wildman–Crippen LogP) is 5.38. The van der Waals surface area contributed by atoms with Crippen molar-refractivity contribution in [2.45, 2.75) is 50.9 Å². The molecule has 0 N–H and O–H groups in total. The minimum Gasteiger partial charge on any atom is -0.339 e. The lowest BCUT2D eigenvalue weighted by atomic mass is 10.1. The molecule has 0 radical (unpaired) electrons. The van der Waals surface area contributed by atoms with Crippen molar-refractivity contribution < 1.29 is 35.7 Å². The van der Waals surface area contributed by atoms with Crippen molar-refractivity contribution in [2.75, 3.05) is 0 Å². The SMILES string of the molecule is O=C(CCCCCCc1nc(-c2ccc(C(F)(F)F)cc2)no1)C(F)(F)F. The summed E-state index contributed by atoms with van der Waals surface area (Å²) in [6, 6.07) is 4.34. The van der Waals surface area contributed by atoms with E-state index in [9.17, 15) is 31.1 Å². The van der Waals surface area contributed by atoms with Crippen LogP contribution in [0, 0.1) is 0 Å². The summed E-state index contributed by atoms with van der Waals surface area (Å²) in [4.78, 5) is 14.8. The summed E-state index contributed by atoms with van der Waals surface area (Å²) < 4.78 is 78.7. The molecule has 2 aromatic rings. The van der Waals surface area contributed by atoms with Crippen LogP contribution < -0.4 is 0 Å². The van der Waals surface area contributed by atoms with Crippen LogP contribution in [-0.2, 0) is 17.4 Å². The Bertz CT molecular complexity index is 750. The van der Waals surface area contributed by atoms with E-state index in [1.54, 1.807) is 0 Å². The first-order chi connectivity index (χ1) is 12.6. The maximum Gasteiger partial charge on any atom is 0.449 e. The van der Waals surface area contributed by atoms with Crippen molar-refractivity contribution in [1.29, 1.82) is 0 Å². The number of hydrogen-bond donors (Lipinski definition) is 0. The van der Waals surface area contributed by atoms with E-state index in [0.29, 0.717) is 31.2 Å². The number of Topliss-reactive ketones (excluding diaryl/α,β-unsaturated/α-hetero) is 1. The monoisotopic (exact) mass is 394 g/mol. The van der Waals surface area contributed by atoms with Crippen LogP contribution in [-0.4, -0.2) is 22.1 Å². The van der Waals surface area contributed by atoms with Crippen molar-refractivity contribution in [3.05, 3.63) is 35.7 Å². The molecule has 0 spiro atoms. The largest absolute Gasteiger partial charge is 0.449 e. The molecule has 0 saturated heterocycles. The van der Waals surface area contributed by atoms with E-state index in [1.807, 2.05) is 0 Å². The Balaban J connectivity index is 1.76. The Morgan fingerprint density at radius 3 is 2.15 bits per heavy atom. The summed E-state index contributed by atoms with van der Waals surface area (Å²) in [6.45, 7) is 0. The third kappa shape index (κ3) is 6.37. The number of carbonyl (C=O) groups excluding carboxylic acids is 1. The number of nitrogens with zero attached hydrogens (tertiary/aromatic N) is 2. The van der Waals surface area contributed by atoms with Gasteiger partial charge in [-0.05, 0) is 25.0 Å². The standard InChI is InChI=1S/C17H16F6N2O2/c18-16(19,20)12-9-7-11(8-10-12)15-24-14(27-25-15)6-4-2-1-3-5-13(26)17(21,22)23/h7-10H,1-6H2. The van der Waals surface area contributed by atoms with Crippen LogP contribution in [0.2, 0.25) is 0 Å². The van der Waals surface area contributed by atoms with Gasteiger partial charge in [0.25, 0.3) is 0 Å². The van der Waals surface area contributed by atoms with E-state index >= 15 is 0 Å². The summed E-state index contributed by atoms with van der Waals surface area (Å²) in [5, 5.41) is 3.71. The predicted molar refractivity (Wildman–Crippen MR) is 82.6 cm³/mol. The third-order valence-corrected chi connectivity index (χ3v) is 3.80. The van der Waals surface area contributed by atoms with Crippen molar-refractivity contribution in [2.24, 2.45) is 0 Å². The van der Waals surface area contributed by atoms with Gasteiger partial charge in [-0.3, -0.25) is 4.79 Å². The van der Waals surface area contributed by atoms with Crippen LogP contribution >= 0.6 is 0 Å². The molecule has 0 unspecified atom stereocenters. The fourth-order valence-electron chi connectivity index (χ4n) is 2.34. The number of aryl methyl sites for hydroxylation is 1. The van der Waals surface area contributed by atoms with Crippen LogP contribution in [0.3, 0.4) is 0 Å². The van der Waals surface area contributed by atoms with Gasteiger partial charge in [0.05, 0.1) is 5.56 Å². The fraction of sp³-hybridized carbons (Fsp3) is 0.471. The number of halogens is 6. The summed E-state index contributed by atoms with van der Waals surface area (Å²) in [5.41, 5.74) is -0.400. The molecule has 10 heteroatoms. The molecule has 148 valence electrons. The maximum atomic E-state index is 12.5. The van der Waals surface area contributed by atoms with Crippen molar-refractivity contribution in [3.8, 4) is 11.4 Å². The Hall–Kier alpha value is -2.39. The van der Waals surface area contributed by atoms with E-state index in [0.717, 1.165) is 12.1 Å². The van der Waals surface area contributed by atoms with E-state index in [-0.39, 0.29) is 18.1 Å². The number of carbonyl (C=O) groups is 1. The molecule has 0 aliphatic rings. The van der Waals surface area contributed by atoms with E-state index < -0.39 is 30.1 Å². The molecule has 0 atom stereocenters. The Morgan fingerprint density at radius 1 is 0.926 bits per heavy atom. The molecule has 4 nitrogen and oxygen atoms in total. The van der Waals surface area contributed by atoms with Gasteiger partial charge < -0.3 is 4.52 Å². The molecule has 0 aliphatic heterocycles. The molecule has 27 heavy (non-hydrogen) atoms. The molecule has 1 aromatic carbocycles. The van der Waals surface area contributed by atoms with Crippen molar-refractivity contribution in [3.63, 3.8) is 0 Å². The molecule has 0 amide bonds. The fourth-order valence-corrected chi connectivity index (χ4v) is 2.34. The topological polar surface area (TPSA) is 56.0 Å². The summed E-state index contributed by atoms with van der Waals surface area (Å²) in [6.07, 6.45) is -7.56. The van der Waals surface area contributed by atoms with Gasteiger partial charge in [0.2, 0.25) is 17.5 Å². The van der Waals surface area contributed by atoms with E-state index in [1.165, 1.54) is 12.1 Å². The second-order valence-electron chi connectivity index (χ2n) is 5.92. The zero-order chi connectivity index (χ0) is 20.1. The highest BCUT2D eigenvalue weighted by atomic mass is 19.4. The Labute approximate surface area is 150 Å². The average Bonchev–Trinajstić information content (AvgIpc) is 3.05. The zero-order valence-electron chi connectivity index (χ0n) is 14.0. The number of hydrogen-bond acceptors (Lipinski definition) is 4. The molecule has 1 aromatic heterocycles. The van der Waals surface area contributed by atoms with Gasteiger partial charge >= 0.3 is 12.4 Å². The molecule has 0 saturated carbocycles. The first-order valence-corrected chi connectivity index (χ1v) is 8.17. The van der Waals surface area contributed by atoms with Crippen LogP contribution in [0.5, 0.6) is 0 Å². The second-order valence-corrected chi connectivity index (χ2v) is 5.92. The first kappa shape index (κ1) is 20.9. The van der Waals surface area contributed by atoms with Gasteiger partial charge in [-0.1, -0.05) is 30.1 Å². The van der Waals surface area contributed by atoms with Crippen molar-refractivity contribution in [1.82, 2.24) is 10.1 Å². The number of aromatic nitrogens is 2. The molecule has 0 fully saturated rings. The highest BCUT2D eigenvalue weighted by Gasteiger charge is 2.37. The second kappa shape index (κ2) is 8.53. The molecule has 1 heterocycles. The third-order valence-electron chi connectivity index (χ3n) is 3.80.